The molecule has 1 aliphatic rings. The van der Waals surface area contributed by atoms with Gasteiger partial charge < -0.3 is 23.7 Å². The van der Waals surface area contributed by atoms with Crippen molar-refractivity contribution in [2.45, 2.75) is 45.6 Å². The maximum Gasteiger partial charge on any atom is 0.305 e. The van der Waals surface area contributed by atoms with Crippen LogP contribution < -0.4 is 0 Å². The summed E-state index contributed by atoms with van der Waals surface area (Å²) >= 11 is 3.37. The number of hydrogen-bond donors (Lipinski definition) is 0. The second-order valence-electron chi connectivity index (χ2n) is 5.53. The molecule has 1 aliphatic heterocycles. The van der Waals surface area contributed by atoms with Crippen LogP contribution in [0.25, 0.3) is 0 Å². The van der Waals surface area contributed by atoms with E-state index in [2.05, 4.69) is 15.9 Å². The van der Waals surface area contributed by atoms with Gasteiger partial charge >= 0.3 is 17.9 Å². The second kappa shape index (κ2) is 9.11. The molecular formula is C17H19BrO8. The molecule has 0 unspecified atom stereocenters. The lowest BCUT2D eigenvalue weighted by atomic mass is 10.0. The van der Waals surface area contributed by atoms with E-state index in [9.17, 15) is 14.4 Å². The summed E-state index contributed by atoms with van der Waals surface area (Å²) in [5.74, 6) is -1.71. The van der Waals surface area contributed by atoms with E-state index >= 15 is 0 Å². The van der Waals surface area contributed by atoms with E-state index in [-0.39, 0.29) is 6.61 Å². The zero-order valence-electron chi connectivity index (χ0n) is 14.5. The predicted octanol–water partition coefficient (Wildman–Crippen LogP) is 2.25. The molecular weight excluding hydrogens is 412 g/mol. The van der Waals surface area contributed by atoms with Crippen LogP contribution in [0.4, 0.5) is 0 Å². The fourth-order valence-electron chi connectivity index (χ4n) is 2.43. The van der Waals surface area contributed by atoms with Gasteiger partial charge in [-0.25, -0.2) is 0 Å². The van der Waals surface area contributed by atoms with E-state index < -0.39 is 42.7 Å². The summed E-state index contributed by atoms with van der Waals surface area (Å²) in [6, 6.07) is 7.15. The van der Waals surface area contributed by atoms with Gasteiger partial charge in [0.15, 0.2) is 12.4 Å². The van der Waals surface area contributed by atoms with E-state index in [1.807, 2.05) is 6.07 Å². The summed E-state index contributed by atoms with van der Waals surface area (Å²) in [5, 5.41) is 0. The Hall–Kier alpha value is -1.97. The summed E-state index contributed by atoms with van der Waals surface area (Å²) in [5.41, 5.74) is 0.666. The third-order valence-corrected chi connectivity index (χ3v) is 3.83. The highest BCUT2D eigenvalue weighted by atomic mass is 79.9. The SMILES string of the molecule is CC(=O)OC[C@@H]1O[C@H](OC(C)=O)[C@H](OC(C)=O)[C@@H](c2cccc(Br)c2)O1. The molecule has 1 heterocycles. The van der Waals surface area contributed by atoms with Gasteiger partial charge in [0, 0.05) is 25.2 Å². The smallest absolute Gasteiger partial charge is 0.305 e. The molecule has 0 radical (unpaired) electrons. The third-order valence-electron chi connectivity index (χ3n) is 3.33. The van der Waals surface area contributed by atoms with Crippen molar-refractivity contribution in [2.24, 2.45) is 0 Å². The molecule has 2 rings (SSSR count). The Labute approximate surface area is 158 Å². The molecule has 0 aromatic heterocycles. The van der Waals surface area contributed by atoms with Gasteiger partial charge in [-0.3, -0.25) is 14.4 Å². The van der Waals surface area contributed by atoms with E-state index in [1.54, 1.807) is 18.2 Å². The van der Waals surface area contributed by atoms with E-state index in [0.717, 1.165) is 4.47 Å². The first kappa shape index (κ1) is 20.3. The minimum atomic E-state index is -1.21. The van der Waals surface area contributed by atoms with Gasteiger partial charge in [-0.1, -0.05) is 28.1 Å². The molecule has 0 amide bonds. The normalized spacial score (nSPS) is 25.2. The summed E-state index contributed by atoms with van der Waals surface area (Å²) in [4.78, 5) is 34.0. The first-order chi connectivity index (χ1) is 12.3. The highest BCUT2D eigenvalue weighted by Crippen LogP contribution is 2.35. The molecule has 1 aromatic rings. The van der Waals surface area contributed by atoms with Crippen LogP contribution in [0.2, 0.25) is 0 Å². The Bertz CT molecular complexity index is 676. The molecule has 4 atom stereocenters. The number of benzene rings is 1. The lowest BCUT2D eigenvalue weighted by Crippen LogP contribution is -2.50. The fourth-order valence-corrected chi connectivity index (χ4v) is 2.84. The molecule has 8 nitrogen and oxygen atoms in total. The molecule has 1 fully saturated rings. The average Bonchev–Trinajstić information content (AvgIpc) is 2.53. The van der Waals surface area contributed by atoms with Gasteiger partial charge in [0.2, 0.25) is 6.29 Å². The minimum absolute atomic E-state index is 0.204. The van der Waals surface area contributed by atoms with Gasteiger partial charge in [-0.15, -0.1) is 0 Å². The predicted molar refractivity (Wildman–Crippen MR) is 90.6 cm³/mol. The van der Waals surface area contributed by atoms with Crippen molar-refractivity contribution in [2.75, 3.05) is 6.61 Å². The van der Waals surface area contributed by atoms with Crippen LogP contribution >= 0.6 is 15.9 Å². The Morgan fingerprint density at radius 1 is 1.04 bits per heavy atom. The molecule has 0 aliphatic carbocycles. The standard InChI is InChI=1S/C17H19BrO8/c1-9(19)22-8-14-25-15(12-5-4-6-13(18)7-12)16(23-10(2)20)17(26-14)24-11(3)21/h4-7,14-17H,8H2,1-3H3/t14-,15+,16+,17-/m0/s1. The number of ether oxygens (including phenoxy) is 5. The zero-order chi connectivity index (χ0) is 19.3. The van der Waals surface area contributed by atoms with Gasteiger partial charge in [0.25, 0.3) is 0 Å². The van der Waals surface area contributed by atoms with Crippen LogP contribution in [0, 0.1) is 0 Å². The Morgan fingerprint density at radius 2 is 1.73 bits per heavy atom. The molecule has 0 bridgehead atoms. The number of carbonyl (C=O) groups excluding carboxylic acids is 3. The van der Waals surface area contributed by atoms with Crippen molar-refractivity contribution in [1.29, 1.82) is 0 Å². The van der Waals surface area contributed by atoms with Crippen LogP contribution in [0.5, 0.6) is 0 Å². The molecule has 0 saturated carbocycles. The lowest BCUT2D eigenvalue weighted by molar-refractivity contribution is -0.345. The van der Waals surface area contributed by atoms with Gasteiger partial charge in [0.1, 0.15) is 12.7 Å². The molecule has 0 spiro atoms. The first-order valence-corrected chi connectivity index (χ1v) is 8.59. The topological polar surface area (TPSA) is 97.4 Å². The Kier molecular flexibility index (Phi) is 7.13. The molecule has 26 heavy (non-hydrogen) atoms. The monoisotopic (exact) mass is 430 g/mol. The van der Waals surface area contributed by atoms with Crippen molar-refractivity contribution in [3.63, 3.8) is 0 Å². The molecule has 0 N–H and O–H groups in total. The number of rotatable bonds is 5. The summed E-state index contributed by atoms with van der Waals surface area (Å²) < 4.78 is 27.5. The summed E-state index contributed by atoms with van der Waals surface area (Å²) in [6.07, 6.45) is -4.04. The second-order valence-corrected chi connectivity index (χ2v) is 6.45. The lowest BCUT2D eigenvalue weighted by Gasteiger charge is -2.40. The Balaban J connectivity index is 2.33. The van der Waals surface area contributed by atoms with E-state index in [1.165, 1.54) is 20.8 Å². The quantitative estimate of drug-likeness (QED) is 0.518. The summed E-state index contributed by atoms with van der Waals surface area (Å²) in [6.45, 7) is 3.48. The largest absolute Gasteiger partial charge is 0.460 e. The first-order valence-electron chi connectivity index (χ1n) is 7.80. The van der Waals surface area contributed by atoms with Crippen LogP contribution in [-0.2, 0) is 38.1 Å². The maximum absolute atomic E-state index is 11.5. The molecule has 142 valence electrons. The van der Waals surface area contributed by atoms with Crippen LogP contribution in [0.3, 0.4) is 0 Å². The van der Waals surface area contributed by atoms with Crippen molar-refractivity contribution in [3.05, 3.63) is 34.3 Å². The molecule has 1 saturated heterocycles. The van der Waals surface area contributed by atoms with Crippen molar-refractivity contribution in [1.82, 2.24) is 0 Å². The van der Waals surface area contributed by atoms with E-state index in [4.69, 9.17) is 23.7 Å². The maximum atomic E-state index is 11.5. The number of carbonyl (C=O) groups is 3. The van der Waals surface area contributed by atoms with Crippen molar-refractivity contribution < 1.29 is 38.1 Å². The van der Waals surface area contributed by atoms with Crippen LogP contribution in [0.1, 0.15) is 32.4 Å². The van der Waals surface area contributed by atoms with Crippen molar-refractivity contribution in [3.8, 4) is 0 Å². The average molecular weight is 431 g/mol. The molecule has 9 heteroatoms. The van der Waals surface area contributed by atoms with Crippen LogP contribution in [0.15, 0.2) is 28.7 Å². The highest BCUT2D eigenvalue weighted by Gasteiger charge is 2.45. The summed E-state index contributed by atoms with van der Waals surface area (Å²) in [7, 11) is 0. The molecule has 1 aromatic carbocycles. The highest BCUT2D eigenvalue weighted by molar-refractivity contribution is 9.10. The minimum Gasteiger partial charge on any atom is -0.460 e. The number of halogens is 1. The zero-order valence-corrected chi connectivity index (χ0v) is 16.1. The van der Waals surface area contributed by atoms with Gasteiger partial charge in [-0.2, -0.15) is 0 Å². The van der Waals surface area contributed by atoms with Crippen molar-refractivity contribution >= 4 is 33.8 Å². The fraction of sp³-hybridized carbons (Fsp3) is 0.471. The number of esters is 3. The van der Waals surface area contributed by atoms with Gasteiger partial charge in [0.05, 0.1) is 0 Å². The Morgan fingerprint density at radius 3 is 2.31 bits per heavy atom. The van der Waals surface area contributed by atoms with Gasteiger partial charge in [-0.05, 0) is 17.7 Å². The van der Waals surface area contributed by atoms with E-state index in [0.29, 0.717) is 5.56 Å². The number of hydrogen-bond acceptors (Lipinski definition) is 8. The van der Waals surface area contributed by atoms with Crippen LogP contribution in [-0.4, -0.2) is 43.2 Å². The third kappa shape index (κ3) is 5.79.